The molecule has 5 rings (SSSR count). The smallest absolute Gasteiger partial charge is 0.267 e. The van der Waals surface area contributed by atoms with Gasteiger partial charge >= 0.3 is 0 Å². The lowest BCUT2D eigenvalue weighted by Crippen LogP contribution is -2.46. The molecule has 2 aromatic carbocycles. The molecular weight excluding hydrogens is 464 g/mol. The van der Waals surface area contributed by atoms with Gasteiger partial charge in [0.05, 0.1) is 5.71 Å². The van der Waals surface area contributed by atoms with Crippen LogP contribution in [0.3, 0.4) is 0 Å². The minimum absolute atomic E-state index is 0.0801. The Kier molecular flexibility index (Phi) is 7.89. The van der Waals surface area contributed by atoms with Crippen LogP contribution >= 0.6 is 0 Å². The van der Waals surface area contributed by atoms with Crippen LogP contribution in [-0.2, 0) is 16.1 Å². The fourth-order valence-electron chi connectivity index (χ4n) is 5.61. The second kappa shape index (κ2) is 11.5. The predicted molar refractivity (Wildman–Crippen MR) is 145 cm³/mol. The average Bonchev–Trinajstić information content (AvgIpc) is 3.60. The molecule has 0 aliphatic carbocycles. The molecule has 2 saturated heterocycles. The number of rotatable bonds is 8. The zero-order valence-electron chi connectivity index (χ0n) is 21.8. The van der Waals surface area contributed by atoms with Crippen LogP contribution in [0.15, 0.2) is 59.8 Å². The highest BCUT2D eigenvalue weighted by Gasteiger charge is 2.42. The van der Waals surface area contributed by atoms with E-state index in [9.17, 15) is 9.59 Å². The molecule has 2 aromatic rings. The van der Waals surface area contributed by atoms with Gasteiger partial charge in [0.1, 0.15) is 0 Å². The van der Waals surface area contributed by atoms with Gasteiger partial charge in [0.2, 0.25) is 5.60 Å². The van der Waals surface area contributed by atoms with Crippen molar-refractivity contribution in [2.24, 2.45) is 11.1 Å². The summed E-state index contributed by atoms with van der Waals surface area (Å²) < 4.78 is 0. The van der Waals surface area contributed by atoms with Crippen molar-refractivity contribution in [2.75, 3.05) is 39.3 Å². The summed E-state index contributed by atoms with van der Waals surface area (Å²) in [4.78, 5) is 35.8. The minimum Gasteiger partial charge on any atom is -0.379 e. The third-order valence-electron chi connectivity index (χ3n) is 7.99. The Morgan fingerprint density at radius 3 is 2.41 bits per heavy atom. The summed E-state index contributed by atoms with van der Waals surface area (Å²) in [5.74, 6) is 0.574. The van der Waals surface area contributed by atoms with Gasteiger partial charge in [-0.1, -0.05) is 47.6 Å². The van der Waals surface area contributed by atoms with Crippen LogP contribution in [0.4, 0.5) is 0 Å². The zero-order chi connectivity index (χ0) is 25.7. The van der Waals surface area contributed by atoms with Gasteiger partial charge in [-0.2, -0.15) is 0 Å². The number of carbonyl (C=O) groups excluding carboxylic acids is 2. The number of oxime groups is 1. The monoisotopic (exact) mass is 502 g/mol. The van der Waals surface area contributed by atoms with Gasteiger partial charge in [-0.25, -0.2) is 0 Å². The Hall–Kier alpha value is -3.19. The molecule has 3 aliphatic heterocycles. The van der Waals surface area contributed by atoms with E-state index in [1.54, 1.807) is 6.92 Å². The number of carbonyl (C=O) groups is 2. The fourth-order valence-corrected chi connectivity index (χ4v) is 5.61. The summed E-state index contributed by atoms with van der Waals surface area (Å²) in [6.45, 7) is 7.09. The first-order valence-electron chi connectivity index (χ1n) is 13.7. The molecule has 1 atom stereocenters. The third kappa shape index (κ3) is 6.21. The highest BCUT2D eigenvalue weighted by molar-refractivity contribution is 6.06. The first kappa shape index (κ1) is 25.5. The quantitative estimate of drug-likeness (QED) is 0.595. The van der Waals surface area contributed by atoms with E-state index in [1.807, 2.05) is 29.2 Å². The molecule has 1 unspecified atom stereocenters. The summed E-state index contributed by atoms with van der Waals surface area (Å²) in [6, 6.07) is 18.1. The summed E-state index contributed by atoms with van der Waals surface area (Å²) in [5, 5.41) is 7.23. The van der Waals surface area contributed by atoms with Gasteiger partial charge < -0.3 is 20.0 Å². The van der Waals surface area contributed by atoms with Crippen LogP contribution in [0, 0.1) is 5.92 Å². The second-order valence-corrected chi connectivity index (χ2v) is 10.8. The van der Waals surface area contributed by atoms with Crippen LogP contribution in [0.25, 0.3) is 0 Å². The molecule has 0 bridgehead atoms. The Bertz CT molecular complexity index is 1100. The van der Waals surface area contributed by atoms with Gasteiger partial charge in [-0.3, -0.25) is 9.59 Å². The van der Waals surface area contributed by atoms with Crippen molar-refractivity contribution in [3.63, 3.8) is 0 Å². The molecule has 1 N–H and O–H groups in total. The number of nitrogens with one attached hydrogen (secondary N) is 1. The van der Waals surface area contributed by atoms with Gasteiger partial charge in [0.15, 0.2) is 0 Å². The number of nitrogens with zero attached hydrogens (tertiary/aromatic N) is 3. The highest BCUT2D eigenvalue weighted by atomic mass is 16.7. The van der Waals surface area contributed by atoms with E-state index in [0.717, 1.165) is 63.3 Å². The second-order valence-electron chi connectivity index (χ2n) is 10.8. The zero-order valence-corrected chi connectivity index (χ0v) is 21.8. The SMILES string of the molecule is CC1(C(=O)NCCN2CCCC2)CC(c2ccc(C(=O)N3CCC(Cc4ccccc4)CC3)cc2)=NO1. The molecule has 0 radical (unpaired) electrons. The number of amides is 2. The Balaban J connectivity index is 1.09. The van der Waals surface area contributed by atoms with Crippen LogP contribution in [-0.4, -0.2) is 72.2 Å². The maximum atomic E-state index is 13.1. The Morgan fingerprint density at radius 2 is 1.70 bits per heavy atom. The number of likely N-dealkylation sites (tertiary alicyclic amines) is 2. The molecule has 7 heteroatoms. The normalized spacial score (nSPS) is 22.5. The van der Waals surface area contributed by atoms with Crippen LogP contribution < -0.4 is 5.32 Å². The summed E-state index contributed by atoms with van der Waals surface area (Å²) in [7, 11) is 0. The largest absolute Gasteiger partial charge is 0.379 e. The topological polar surface area (TPSA) is 74.2 Å². The predicted octanol–water partition coefficient (Wildman–Crippen LogP) is 3.88. The van der Waals surface area contributed by atoms with E-state index in [2.05, 4.69) is 45.7 Å². The maximum Gasteiger partial charge on any atom is 0.267 e. The van der Waals surface area contributed by atoms with E-state index in [0.29, 0.717) is 24.4 Å². The number of piperidine rings is 1. The molecule has 2 amide bonds. The molecule has 3 aliphatic rings. The average molecular weight is 503 g/mol. The van der Waals surface area contributed by atoms with Gasteiger partial charge in [0, 0.05) is 38.2 Å². The van der Waals surface area contributed by atoms with Crippen molar-refractivity contribution >= 4 is 17.5 Å². The Morgan fingerprint density at radius 1 is 1.00 bits per heavy atom. The molecule has 3 heterocycles. The molecule has 2 fully saturated rings. The molecule has 37 heavy (non-hydrogen) atoms. The van der Waals surface area contributed by atoms with Gasteiger partial charge in [0.25, 0.3) is 11.8 Å². The molecule has 0 saturated carbocycles. The maximum absolute atomic E-state index is 13.1. The van der Waals surface area contributed by atoms with E-state index in [-0.39, 0.29) is 11.8 Å². The lowest BCUT2D eigenvalue weighted by atomic mass is 9.90. The Labute approximate surface area is 219 Å². The summed E-state index contributed by atoms with van der Waals surface area (Å²) in [5.41, 5.74) is 2.67. The number of hydrogen-bond donors (Lipinski definition) is 1. The minimum atomic E-state index is -1.00. The van der Waals surface area contributed by atoms with Crippen LogP contribution in [0.1, 0.15) is 60.5 Å². The van der Waals surface area contributed by atoms with Gasteiger partial charge in [-0.15, -0.1) is 0 Å². The standard InChI is InChI=1S/C30H38N4O3/c1-30(29(36)31-15-20-33-16-5-6-17-33)22-27(32-37-30)25-9-11-26(12-10-25)28(35)34-18-13-24(14-19-34)21-23-7-3-2-4-8-23/h2-4,7-12,24H,5-6,13-22H2,1H3,(H,31,36). The van der Waals surface area contributed by atoms with Crippen molar-refractivity contribution in [3.05, 3.63) is 71.3 Å². The van der Waals surface area contributed by atoms with Crippen molar-refractivity contribution in [2.45, 2.75) is 51.0 Å². The van der Waals surface area contributed by atoms with E-state index < -0.39 is 5.60 Å². The van der Waals surface area contributed by atoms with E-state index >= 15 is 0 Å². The van der Waals surface area contributed by atoms with Crippen LogP contribution in [0.5, 0.6) is 0 Å². The fraction of sp³-hybridized carbons (Fsp3) is 0.500. The number of hydrogen-bond acceptors (Lipinski definition) is 5. The van der Waals surface area contributed by atoms with E-state index in [4.69, 9.17) is 4.84 Å². The molecule has 7 nitrogen and oxygen atoms in total. The van der Waals surface area contributed by atoms with Crippen LogP contribution in [0.2, 0.25) is 0 Å². The van der Waals surface area contributed by atoms with E-state index in [1.165, 1.54) is 18.4 Å². The molecule has 196 valence electrons. The first-order chi connectivity index (χ1) is 18.0. The third-order valence-corrected chi connectivity index (χ3v) is 7.99. The number of benzene rings is 2. The lowest BCUT2D eigenvalue weighted by molar-refractivity contribution is -0.141. The molecular formula is C30H38N4O3. The molecule has 0 spiro atoms. The van der Waals surface area contributed by atoms with Crippen molar-refractivity contribution in [3.8, 4) is 0 Å². The van der Waals surface area contributed by atoms with Crippen molar-refractivity contribution in [1.82, 2.24) is 15.1 Å². The van der Waals surface area contributed by atoms with Crippen molar-refractivity contribution < 1.29 is 14.4 Å². The first-order valence-corrected chi connectivity index (χ1v) is 13.7. The lowest BCUT2D eigenvalue weighted by Gasteiger charge is -2.32. The van der Waals surface area contributed by atoms with Crippen molar-refractivity contribution in [1.29, 1.82) is 0 Å². The molecule has 0 aromatic heterocycles. The summed E-state index contributed by atoms with van der Waals surface area (Å²) in [6.07, 6.45) is 6.03. The summed E-state index contributed by atoms with van der Waals surface area (Å²) >= 11 is 0. The highest BCUT2D eigenvalue weighted by Crippen LogP contribution is 2.28. The van der Waals surface area contributed by atoms with Gasteiger partial charge in [-0.05, 0) is 81.3 Å².